The summed E-state index contributed by atoms with van der Waals surface area (Å²) in [5.74, 6) is 1.15. The van der Waals surface area contributed by atoms with Crippen molar-refractivity contribution >= 4 is 5.91 Å². The summed E-state index contributed by atoms with van der Waals surface area (Å²) in [5, 5.41) is 16.2. The van der Waals surface area contributed by atoms with Crippen LogP contribution in [-0.2, 0) is 11.3 Å². The van der Waals surface area contributed by atoms with Crippen molar-refractivity contribution in [2.24, 2.45) is 5.92 Å². The van der Waals surface area contributed by atoms with Crippen LogP contribution in [0.15, 0.2) is 10.6 Å². The molecule has 1 aromatic rings. The molecule has 3 rings (SSSR count). The molecule has 130 valence electrons. The van der Waals surface area contributed by atoms with Gasteiger partial charge >= 0.3 is 0 Å². The quantitative estimate of drug-likeness (QED) is 0.834. The zero-order valence-corrected chi connectivity index (χ0v) is 14.4. The predicted octanol–water partition coefficient (Wildman–Crippen LogP) is 0.909. The number of nitrogens with zero attached hydrogens (tertiary/aromatic N) is 4. The molecule has 1 N–H and O–H groups in total. The van der Waals surface area contributed by atoms with E-state index in [2.05, 4.69) is 26.3 Å². The number of hydrogen-bond donors (Lipinski definition) is 1. The Morgan fingerprint density at radius 1 is 1.42 bits per heavy atom. The van der Waals surface area contributed by atoms with Crippen LogP contribution in [0.2, 0.25) is 0 Å². The van der Waals surface area contributed by atoms with Crippen molar-refractivity contribution in [1.82, 2.24) is 20.3 Å². The Balaban J connectivity index is 1.42. The van der Waals surface area contributed by atoms with Crippen molar-refractivity contribution in [1.29, 1.82) is 5.26 Å². The number of carbonyl (C=O) groups is 1. The Bertz CT molecular complexity index is 625. The van der Waals surface area contributed by atoms with Gasteiger partial charge in [0.1, 0.15) is 5.54 Å². The van der Waals surface area contributed by atoms with Gasteiger partial charge in [-0.1, -0.05) is 5.16 Å². The zero-order valence-electron chi connectivity index (χ0n) is 14.4. The van der Waals surface area contributed by atoms with E-state index >= 15 is 0 Å². The minimum absolute atomic E-state index is 0.0507. The first-order valence-electron chi connectivity index (χ1n) is 8.58. The molecular formula is C17H25N5O2. The van der Waals surface area contributed by atoms with E-state index in [1.165, 1.54) is 0 Å². The number of aryl methyl sites for hydroxylation is 1. The molecule has 1 atom stereocenters. The molecule has 1 saturated carbocycles. The summed E-state index contributed by atoms with van der Waals surface area (Å²) in [6.45, 7) is 8.34. The molecule has 0 aromatic carbocycles. The Labute approximate surface area is 142 Å². The van der Waals surface area contributed by atoms with Gasteiger partial charge in [-0.3, -0.25) is 14.6 Å². The lowest BCUT2D eigenvalue weighted by atomic mass is 9.98. The van der Waals surface area contributed by atoms with Crippen molar-refractivity contribution < 1.29 is 9.32 Å². The van der Waals surface area contributed by atoms with Gasteiger partial charge in [-0.25, -0.2) is 0 Å². The van der Waals surface area contributed by atoms with E-state index < -0.39 is 5.54 Å². The van der Waals surface area contributed by atoms with E-state index in [9.17, 15) is 10.1 Å². The molecule has 1 aliphatic carbocycles. The molecule has 24 heavy (non-hydrogen) atoms. The largest absolute Gasteiger partial charge is 0.360 e. The molecule has 7 heteroatoms. The van der Waals surface area contributed by atoms with E-state index in [0.29, 0.717) is 12.5 Å². The highest BCUT2D eigenvalue weighted by Crippen LogP contribution is 2.39. The van der Waals surface area contributed by atoms with E-state index in [1.54, 1.807) is 0 Å². The van der Waals surface area contributed by atoms with Crippen LogP contribution >= 0.6 is 0 Å². The van der Waals surface area contributed by atoms with Crippen LogP contribution < -0.4 is 5.32 Å². The summed E-state index contributed by atoms with van der Waals surface area (Å²) in [6.07, 6.45) is 2.06. The van der Waals surface area contributed by atoms with Crippen molar-refractivity contribution in [3.63, 3.8) is 0 Å². The lowest BCUT2D eigenvalue weighted by molar-refractivity contribution is -0.124. The van der Waals surface area contributed by atoms with Crippen LogP contribution in [0.1, 0.15) is 31.2 Å². The van der Waals surface area contributed by atoms with Crippen LogP contribution in [0.4, 0.5) is 0 Å². The first-order chi connectivity index (χ1) is 11.5. The third-order valence-electron chi connectivity index (χ3n) is 4.91. The fourth-order valence-corrected chi connectivity index (χ4v) is 3.23. The van der Waals surface area contributed by atoms with Gasteiger partial charge in [-0.05, 0) is 32.6 Å². The van der Waals surface area contributed by atoms with E-state index in [1.807, 2.05) is 19.9 Å². The number of aromatic nitrogens is 1. The molecule has 2 fully saturated rings. The van der Waals surface area contributed by atoms with Crippen LogP contribution in [0.25, 0.3) is 0 Å². The van der Waals surface area contributed by atoms with Crippen LogP contribution in [-0.4, -0.2) is 59.1 Å². The lowest BCUT2D eigenvalue weighted by Gasteiger charge is -2.34. The number of amides is 1. The summed E-state index contributed by atoms with van der Waals surface area (Å²) >= 11 is 0. The Kier molecular flexibility index (Phi) is 4.88. The number of hydrogen-bond acceptors (Lipinski definition) is 6. The van der Waals surface area contributed by atoms with Gasteiger partial charge in [0.2, 0.25) is 5.91 Å². The maximum absolute atomic E-state index is 12.3. The summed E-state index contributed by atoms with van der Waals surface area (Å²) in [6, 6.07) is 4.23. The molecule has 1 aliphatic heterocycles. The molecule has 7 nitrogen and oxygen atoms in total. The Morgan fingerprint density at radius 3 is 2.62 bits per heavy atom. The standard InChI is InChI=1S/C17H25N5O2/c1-13-9-15(24-20-13)10-21-5-7-22(8-6-21)11-16(23)19-17(2,12-18)14-3-4-14/h9,14H,3-8,10-11H2,1-2H3,(H,19,23). The second-order valence-corrected chi connectivity index (χ2v) is 7.12. The van der Waals surface area contributed by atoms with Crippen molar-refractivity contribution in [2.75, 3.05) is 32.7 Å². The van der Waals surface area contributed by atoms with E-state index in [-0.39, 0.29) is 5.91 Å². The van der Waals surface area contributed by atoms with E-state index in [4.69, 9.17) is 4.52 Å². The first kappa shape index (κ1) is 16.9. The number of nitrogens with one attached hydrogen (secondary N) is 1. The topological polar surface area (TPSA) is 85.4 Å². The monoisotopic (exact) mass is 331 g/mol. The predicted molar refractivity (Wildman–Crippen MR) is 87.8 cm³/mol. The second-order valence-electron chi connectivity index (χ2n) is 7.12. The number of nitriles is 1. The normalized spacial score (nSPS) is 21.9. The highest BCUT2D eigenvalue weighted by atomic mass is 16.5. The molecule has 1 aromatic heterocycles. The second kappa shape index (κ2) is 6.91. The molecule has 2 aliphatic rings. The molecule has 1 saturated heterocycles. The van der Waals surface area contributed by atoms with Crippen molar-refractivity contribution in [3.8, 4) is 6.07 Å². The summed E-state index contributed by atoms with van der Waals surface area (Å²) in [4.78, 5) is 16.7. The maximum atomic E-state index is 12.3. The number of piperazine rings is 1. The SMILES string of the molecule is Cc1cc(CN2CCN(CC(=O)NC(C)(C#N)C3CC3)CC2)on1. The van der Waals surface area contributed by atoms with Crippen LogP contribution in [0.5, 0.6) is 0 Å². The molecule has 1 amide bonds. The number of carbonyl (C=O) groups excluding carboxylic acids is 1. The molecular weight excluding hydrogens is 306 g/mol. The average Bonchev–Trinajstić information content (AvgIpc) is 3.33. The van der Waals surface area contributed by atoms with Gasteiger partial charge in [0, 0.05) is 32.2 Å². The average molecular weight is 331 g/mol. The number of rotatable bonds is 6. The molecule has 0 radical (unpaired) electrons. The van der Waals surface area contributed by atoms with Gasteiger partial charge in [-0.2, -0.15) is 5.26 Å². The fourth-order valence-electron chi connectivity index (χ4n) is 3.23. The van der Waals surface area contributed by atoms with Crippen molar-refractivity contribution in [3.05, 3.63) is 17.5 Å². The summed E-state index contributed by atoms with van der Waals surface area (Å²) in [5.41, 5.74) is 0.194. The highest BCUT2D eigenvalue weighted by Gasteiger charge is 2.43. The molecule has 0 spiro atoms. The minimum Gasteiger partial charge on any atom is -0.360 e. The van der Waals surface area contributed by atoms with Gasteiger partial charge in [-0.15, -0.1) is 0 Å². The van der Waals surface area contributed by atoms with Gasteiger partial charge in [0.05, 0.1) is 24.9 Å². The van der Waals surface area contributed by atoms with Gasteiger partial charge in [0.15, 0.2) is 5.76 Å². The molecule has 2 heterocycles. The Hall–Kier alpha value is -1.91. The zero-order chi connectivity index (χ0) is 17.2. The van der Waals surface area contributed by atoms with Gasteiger partial charge < -0.3 is 9.84 Å². The summed E-state index contributed by atoms with van der Waals surface area (Å²) < 4.78 is 5.25. The van der Waals surface area contributed by atoms with Crippen molar-refractivity contribution in [2.45, 2.75) is 38.8 Å². The van der Waals surface area contributed by atoms with Crippen LogP contribution in [0, 0.1) is 24.2 Å². The van der Waals surface area contributed by atoms with Crippen LogP contribution in [0.3, 0.4) is 0 Å². The van der Waals surface area contributed by atoms with Gasteiger partial charge in [0.25, 0.3) is 0 Å². The smallest absolute Gasteiger partial charge is 0.235 e. The lowest BCUT2D eigenvalue weighted by Crippen LogP contribution is -2.53. The fraction of sp³-hybridized carbons (Fsp3) is 0.706. The first-order valence-corrected chi connectivity index (χ1v) is 8.58. The minimum atomic E-state index is -0.705. The maximum Gasteiger partial charge on any atom is 0.235 e. The highest BCUT2D eigenvalue weighted by molar-refractivity contribution is 5.79. The summed E-state index contributed by atoms with van der Waals surface area (Å²) in [7, 11) is 0. The van der Waals surface area contributed by atoms with E-state index in [0.717, 1.165) is 57.0 Å². The molecule has 1 unspecified atom stereocenters. The third kappa shape index (κ3) is 4.13. The molecule has 0 bridgehead atoms. The third-order valence-corrected chi connectivity index (χ3v) is 4.91. The Morgan fingerprint density at radius 2 is 2.08 bits per heavy atom.